The van der Waals surface area contributed by atoms with Gasteiger partial charge in [0.1, 0.15) is 5.82 Å². The lowest BCUT2D eigenvalue weighted by atomic mass is 10.1. The number of rotatable bonds is 5. The molecule has 0 aliphatic carbocycles. The van der Waals surface area contributed by atoms with Crippen molar-refractivity contribution in [2.45, 2.75) is 13.3 Å². The highest BCUT2D eigenvalue weighted by molar-refractivity contribution is 5.92. The number of nitrogens with zero attached hydrogens (tertiary/aromatic N) is 2. The zero-order valence-corrected chi connectivity index (χ0v) is 15.0. The molecule has 1 aliphatic heterocycles. The molecular weight excluding hydrogens is 333 g/mol. The van der Waals surface area contributed by atoms with E-state index in [2.05, 4.69) is 4.90 Å². The molecule has 1 fully saturated rings. The van der Waals surface area contributed by atoms with Gasteiger partial charge in [0.15, 0.2) is 0 Å². The van der Waals surface area contributed by atoms with Gasteiger partial charge in [-0.1, -0.05) is 19.1 Å². The van der Waals surface area contributed by atoms with Crippen LogP contribution in [0.5, 0.6) is 0 Å². The van der Waals surface area contributed by atoms with Crippen molar-refractivity contribution in [3.8, 4) is 0 Å². The van der Waals surface area contributed by atoms with E-state index in [0.29, 0.717) is 36.6 Å². The van der Waals surface area contributed by atoms with Gasteiger partial charge in [-0.3, -0.25) is 0 Å². The number of nitrogens with two attached hydrogens (primary N) is 1. The molecule has 0 spiro atoms. The molecule has 2 N–H and O–H groups in total. The van der Waals surface area contributed by atoms with Crippen LogP contribution < -0.4 is 15.5 Å². The largest absolute Gasteiger partial charge is 0.462 e. The minimum atomic E-state index is -0.352. The van der Waals surface area contributed by atoms with Crippen molar-refractivity contribution >= 4 is 23.0 Å². The molecule has 1 saturated heterocycles. The van der Waals surface area contributed by atoms with E-state index in [9.17, 15) is 9.18 Å². The molecule has 0 bridgehead atoms. The number of hydrogen-bond donors (Lipinski definition) is 1. The van der Waals surface area contributed by atoms with E-state index in [1.54, 1.807) is 24.3 Å². The standard InChI is InChI=1S/C20H24FN3O2/c1-2-13-26-20(25)15-7-8-19(17(22)14-15)24-11-9-23(10-12-24)18-6-4-3-5-16(18)21/h3-8,14H,2,9-13,22H2,1H3. The van der Waals surface area contributed by atoms with Crippen LogP contribution in [0.3, 0.4) is 0 Å². The summed E-state index contributed by atoms with van der Waals surface area (Å²) in [5.41, 5.74) is 8.71. The minimum absolute atomic E-state index is 0.199. The van der Waals surface area contributed by atoms with Gasteiger partial charge in [-0.05, 0) is 36.8 Å². The Balaban J connectivity index is 1.66. The Kier molecular flexibility index (Phi) is 5.61. The van der Waals surface area contributed by atoms with Crippen LogP contribution in [0.2, 0.25) is 0 Å². The molecule has 0 atom stereocenters. The number of halogens is 1. The van der Waals surface area contributed by atoms with Gasteiger partial charge in [0, 0.05) is 26.2 Å². The van der Waals surface area contributed by atoms with Gasteiger partial charge in [0.25, 0.3) is 0 Å². The van der Waals surface area contributed by atoms with Crippen LogP contribution in [0.1, 0.15) is 23.7 Å². The van der Waals surface area contributed by atoms with Gasteiger partial charge < -0.3 is 20.3 Å². The summed E-state index contributed by atoms with van der Waals surface area (Å²) >= 11 is 0. The van der Waals surface area contributed by atoms with Crippen LogP contribution in [-0.2, 0) is 4.74 Å². The summed E-state index contributed by atoms with van der Waals surface area (Å²) in [7, 11) is 0. The number of ether oxygens (including phenoxy) is 1. The normalized spacial score (nSPS) is 14.4. The molecule has 0 aromatic heterocycles. The fourth-order valence-electron chi connectivity index (χ4n) is 3.14. The first-order valence-corrected chi connectivity index (χ1v) is 8.91. The predicted molar refractivity (Wildman–Crippen MR) is 102 cm³/mol. The maximum absolute atomic E-state index is 13.9. The predicted octanol–water partition coefficient (Wildman–Crippen LogP) is 3.30. The number of carbonyl (C=O) groups is 1. The second-order valence-electron chi connectivity index (χ2n) is 6.34. The fourth-order valence-corrected chi connectivity index (χ4v) is 3.14. The molecule has 6 heteroatoms. The summed E-state index contributed by atoms with van der Waals surface area (Å²) in [6.45, 7) is 5.24. The van der Waals surface area contributed by atoms with E-state index in [0.717, 1.165) is 25.2 Å². The Labute approximate surface area is 153 Å². The summed E-state index contributed by atoms with van der Waals surface area (Å²) in [6, 6.07) is 12.1. The highest BCUT2D eigenvalue weighted by Gasteiger charge is 2.21. The van der Waals surface area contributed by atoms with Gasteiger partial charge in [0.2, 0.25) is 0 Å². The molecule has 0 saturated carbocycles. The maximum atomic E-state index is 13.9. The minimum Gasteiger partial charge on any atom is -0.462 e. The number of benzene rings is 2. The van der Waals surface area contributed by atoms with E-state index in [4.69, 9.17) is 10.5 Å². The molecule has 2 aromatic rings. The average molecular weight is 357 g/mol. The Morgan fingerprint density at radius 1 is 1.08 bits per heavy atom. The lowest BCUT2D eigenvalue weighted by Gasteiger charge is -2.38. The van der Waals surface area contributed by atoms with Gasteiger partial charge in [-0.2, -0.15) is 0 Å². The van der Waals surface area contributed by atoms with Crippen molar-refractivity contribution in [3.05, 3.63) is 53.8 Å². The van der Waals surface area contributed by atoms with E-state index in [1.807, 2.05) is 24.0 Å². The maximum Gasteiger partial charge on any atom is 0.338 e. The van der Waals surface area contributed by atoms with Crippen LogP contribution in [0, 0.1) is 5.82 Å². The second-order valence-corrected chi connectivity index (χ2v) is 6.34. The van der Waals surface area contributed by atoms with Crippen molar-refractivity contribution in [3.63, 3.8) is 0 Å². The smallest absolute Gasteiger partial charge is 0.338 e. The monoisotopic (exact) mass is 357 g/mol. The number of nitrogen functional groups attached to an aromatic ring is 1. The average Bonchev–Trinajstić information content (AvgIpc) is 2.66. The van der Waals surface area contributed by atoms with Gasteiger partial charge in [-0.15, -0.1) is 0 Å². The van der Waals surface area contributed by atoms with Crippen molar-refractivity contribution in [1.82, 2.24) is 0 Å². The summed E-state index contributed by atoms with van der Waals surface area (Å²) in [4.78, 5) is 16.1. The highest BCUT2D eigenvalue weighted by Crippen LogP contribution is 2.27. The molecule has 5 nitrogen and oxygen atoms in total. The summed E-state index contributed by atoms with van der Waals surface area (Å²) in [5, 5.41) is 0. The van der Waals surface area contributed by atoms with Crippen molar-refractivity contribution in [2.75, 3.05) is 48.3 Å². The Bertz CT molecular complexity index is 773. The number of anilines is 3. The third kappa shape index (κ3) is 3.90. The van der Waals surface area contributed by atoms with Gasteiger partial charge in [0.05, 0.1) is 29.2 Å². The van der Waals surface area contributed by atoms with Crippen LogP contribution in [0.4, 0.5) is 21.5 Å². The first kappa shape index (κ1) is 18.0. The molecule has 2 aromatic carbocycles. The van der Waals surface area contributed by atoms with E-state index in [1.165, 1.54) is 6.07 Å². The molecule has 3 rings (SSSR count). The van der Waals surface area contributed by atoms with Crippen LogP contribution >= 0.6 is 0 Å². The fraction of sp³-hybridized carbons (Fsp3) is 0.350. The quantitative estimate of drug-likeness (QED) is 0.657. The Morgan fingerprint density at radius 3 is 2.35 bits per heavy atom. The molecular formula is C20H24FN3O2. The van der Waals surface area contributed by atoms with Crippen molar-refractivity contribution in [1.29, 1.82) is 0 Å². The summed E-state index contributed by atoms with van der Waals surface area (Å²) in [6.07, 6.45) is 0.783. The van der Waals surface area contributed by atoms with Crippen molar-refractivity contribution in [2.24, 2.45) is 0 Å². The van der Waals surface area contributed by atoms with Gasteiger partial charge in [-0.25, -0.2) is 9.18 Å². The number of piperazine rings is 1. The highest BCUT2D eigenvalue weighted by atomic mass is 19.1. The molecule has 1 aliphatic rings. The topological polar surface area (TPSA) is 58.8 Å². The number of carbonyl (C=O) groups excluding carboxylic acids is 1. The Hall–Kier alpha value is -2.76. The first-order valence-electron chi connectivity index (χ1n) is 8.91. The zero-order chi connectivity index (χ0) is 18.5. The Morgan fingerprint density at radius 2 is 1.73 bits per heavy atom. The molecule has 1 heterocycles. The molecule has 26 heavy (non-hydrogen) atoms. The van der Waals surface area contributed by atoms with E-state index in [-0.39, 0.29) is 11.8 Å². The first-order chi connectivity index (χ1) is 12.6. The van der Waals surface area contributed by atoms with Crippen LogP contribution in [0.25, 0.3) is 0 Å². The second kappa shape index (κ2) is 8.08. The SMILES string of the molecule is CCCOC(=O)c1ccc(N2CCN(c3ccccc3F)CC2)c(N)c1. The van der Waals surface area contributed by atoms with Gasteiger partial charge >= 0.3 is 5.97 Å². The third-order valence-electron chi connectivity index (χ3n) is 4.51. The number of para-hydroxylation sites is 1. The van der Waals surface area contributed by atoms with E-state index < -0.39 is 0 Å². The lowest BCUT2D eigenvalue weighted by Crippen LogP contribution is -2.47. The zero-order valence-electron chi connectivity index (χ0n) is 15.0. The lowest BCUT2D eigenvalue weighted by molar-refractivity contribution is 0.0505. The van der Waals surface area contributed by atoms with Crippen LogP contribution in [0.15, 0.2) is 42.5 Å². The summed E-state index contributed by atoms with van der Waals surface area (Å²) < 4.78 is 19.1. The molecule has 0 amide bonds. The van der Waals surface area contributed by atoms with Crippen LogP contribution in [-0.4, -0.2) is 38.8 Å². The van der Waals surface area contributed by atoms with Crippen molar-refractivity contribution < 1.29 is 13.9 Å². The molecule has 0 radical (unpaired) electrons. The third-order valence-corrected chi connectivity index (χ3v) is 4.51. The number of hydrogen-bond acceptors (Lipinski definition) is 5. The number of esters is 1. The van der Waals surface area contributed by atoms with E-state index >= 15 is 0 Å². The molecule has 138 valence electrons. The summed E-state index contributed by atoms with van der Waals surface area (Å²) in [5.74, 6) is -0.551. The molecule has 0 unspecified atom stereocenters.